The number of carbonyl (C=O) groups excluding carboxylic acids is 1. The highest BCUT2D eigenvalue weighted by Gasteiger charge is 2.33. The van der Waals surface area contributed by atoms with Crippen molar-refractivity contribution in [3.05, 3.63) is 113 Å². The van der Waals surface area contributed by atoms with Gasteiger partial charge in [-0.15, -0.1) is 0 Å². The topological polar surface area (TPSA) is 75.6 Å². The summed E-state index contributed by atoms with van der Waals surface area (Å²) in [6.45, 7) is -0.434. The molecular weight excluding hydrogens is 471 g/mol. The molecule has 0 saturated carbocycles. The summed E-state index contributed by atoms with van der Waals surface area (Å²) in [4.78, 5) is 25.1. The maximum Gasteiger partial charge on any atom is 0.416 e. The second-order valence-electron chi connectivity index (χ2n) is 8.16. The molecule has 0 aliphatic heterocycles. The summed E-state index contributed by atoms with van der Waals surface area (Å²) in [5, 5.41) is 13.4. The summed E-state index contributed by atoms with van der Waals surface area (Å²) < 4.78 is 46.2. The van der Waals surface area contributed by atoms with Crippen LogP contribution in [0.2, 0.25) is 0 Å². The first kappa shape index (κ1) is 24.8. The molecule has 1 amide bonds. The Morgan fingerprint density at radius 3 is 2.25 bits per heavy atom. The quantitative estimate of drug-likeness (QED) is 0.322. The summed E-state index contributed by atoms with van der Waals surface area (Å²) in [5.74, 6) is -1.84. The molecule has 4 aromatic carbocycles. The van der Waals surface area contributed by atoms with E-state index in [1.165, 1.54) is 24.3 Å². The van der Waals surface area contributed by atoms with Crippen molar-refractivity contribution in [2.45, 2.75) is 25.2 Å². The molecule has 2 N–H and O–H groups in total. The molecule has 184 valence electrons. The van der Waals surface area contributed by atoms with Gasteiger partial charge in [0.25, 0.3) is 5.91 Å². The highest BCUT2D eigenvalue weighted by Crippen LogP contribution is 2.34. The van der Waals surface area contributed by atoms with E-state index in [0.29, 0.717) is 10.8 Å². The molecule has 0 fully saturated rings. The van der Waals surface area contributed by atoms with Crippen LogP contribution in [-0.2, 0) is 24.0 Å². The van der Waals surface area contributed by atoms with Gasteiger partial charge in [-0.05, 0) is 23.1 Å². The Morgan fingerprint density at radius 1 is 0.861 bits per heavy atom. The second-order valence-corrected chi connectivity index (χ2v) is 8.16. The summed E-state index contributed by atoms with van der Waals surface area (Å²) >= 11 is 0. The SMILES string of the molecule is O=C(NC(Cc1ccccc1)C(=O)O)c1ccc2ccccc2c1OCc1ccccc1C(F)(F)F. The largest absolute Gasteiger partial charge is 0.487 e. The molecule has 36 heavy (non-hydrogen) atoms. The maximum absolute atomic E-state index is 13.5. The molecular formula is C28H22F3NO4. The van der Waals surface area contributed by atoms with Crippen molar-refractivity contribution < 1.29 is 32.6 Å². The van der Waals surface area contributed by atoms with Gasteiger partial charge in [0.2, 0.25) is 0 Å². The minimum Gasteiger partial charge on any atom is -0.487 e. The third-order valence-corrected chi connectivity index (χ3v) is 5.71. The Balaban J connectivity index is 1.66. The van der Waals surface area contributed by atoms with Gasteiger partial charge in [-0.2, -0.15) is 13.2 Å². The molecule has 0 heterocycles. The zero-order valence-corrected chi connectivity index (χ0v) is 19.0. The Kier molecular flexibility index (Phi) is 7.24. The number of benzene rings is 4. The molecule has 8 heteroatoms. The van der Waals surface area contributed by atoms with Crippen molar-refractivity contribution in [3.63, 3.8) is 0 Å². The molecule has 0 aromatic heterocycles. The van der Waals surface area contributed by atoms with Crippen molar-refractivity contribution in [1.82, 2.24) is 5.32 Å². The minimum atomic E-state index is -4.56. The van der Waals surface area contributed by atoms with Crippen molar-refractivity contribution in [1.29, 1.82) is 0 Å². The lowest BCUT2D eigenvalue weighted by Gasteiger charge is -2.19. The lowest BCUT2D eigenvalue weighted by atomic mass is 10.0. The Hall–Kier alpha value is -4.33. The number of halogens is 3. The van der Waals surface area contributed by atoms with Crippen LogP contribution >= 0.6 is 0 Å². The molecule has 0 aliphatic rings. The van der Waals surface area contributed by atoms with Crippen molar-refractivity contribution >= 4 is 22.6 Å². The molecule has 4 rings (SSSR count). The molecule has 1 atom stereocenters. The van der Waals surface area contributed by atoms with E-state index in [1.807, 2.05) is 0 Å². The highest BCUT2D eigenvalue weighted by molar-refractivity contribution is 6.04. The Labute approximate surface area is 205 Å². The first-order chi connectivity index (χ1) is 17.2. The van der Waals surface area contributed by atoms with Crippen LogP contribution in [0.3, 0.4) is 0 Å². The summed E-state index contributed by atoms with van der Waals surface area (Å²) in [6.07, 6.45) is -4.50. The molecule has 4 aromatic rings. The van der Waals surface area contributed by atoms with E-state index < -0.39 is 36.3 Å². The predicted molar refractivity (Wildman–Crippen MR) is 129 cm³/mol. The molecule has 0 saturated heterocycles. The van der Waals surface area contributed by atoms with Crippen LogP contribution in [0.5, 0.6) is 5.75 Å². The number of hydrogen-bond donors (Lipinski definition) is 2. The number of carboxylic acids is 1. The summed E-state index contributed by atoms with van der Waals surface area (Å²) in [7, 11) is 0. The lowest BCUT2D eigenvalue weighted by molar-refractivity contribution is -0.139. The fourth-order valence-electron chi connectivity index (χ4n) is 3.94. The monoisotopic (exact) mass is 493 g/mol. The first-order valence-electron chi connectivity index (χ1n) is 11.1. The Bertz CT molecular complexity index is 1390. The van der Waals surface area contributed by atoms with Crippen LogP contribution < -0.4 is 10.1 Å². The van der Waals surface area contributed by atoms with Gasteiger partial charge in [0, 0.05) is 17.4 Å². The number of rotatable bonds is 8. The van der Waals surface area contributed by atoms with Gasteiger partial charge in [0.1, 0.15) is 18.4 Å². The van der Waals surface area contributed by atoms with Crippen LogP contribution in [0, 0.1) is 0 Å². The fraction of sp³-hybridized carbons (Fsp3) is 0.143. The van der Waals surface area contributed by atoms with Crippen molar-refractivity contribution in [2.24, 2.45) is 0 Å². The van der Waals surface area contributed by atoms with Gasteiger partial charge in [0.05, 0.1) is 11.1 Å². The van der Waals surface area contributed by atoms with Gasteiger partial charge in [0.15, 0.2) is 0 Å². The average molecular weight is 493 g/mol. The number of carbonyl (C=O) groups is 2. The fourth-order valence-corrected chi connectivity index (χ4v) is 3.94. The van der Waals surface area contributed by atoms with Crippen LogP contribution in [0.4, 0.5) is 13.2 Å². The van der Waals surface area contributed by atoms with E-state index in [0.717, 1.165) is 11.6 Å². The van der Waals surface area contributed by atoms with Crippen LogP contribution in [0.25, 0.3) is 10.8 Å². The van der Waals surface area contributed by atoms with E-state index >= 15 is 0 Å². The van der Waals surface area contributed by atoms with Crippen LogP contribution in [0.1, 0.15) is 27.0 Å². The normalized spacial score (nSPS) is 12.2. The molecule has 0 bridgehead atoms. The van der Waals surface area contributed by atoms with Crippen LogP contribution in [-0.4, -0.2) is 23.0 Å². The van der Waals surface area contributed by atoms with E-state index in [9.17, 15) is 27.9 Å². The number of ether oxygens (including phenoxy) is 1. The minimum absolute atomic E-state index is 0.0255. The number of fused-ring (bicyclic) bond motifs is 1. The summed E-state index contributed by atoms with van der Waals surface area (Å²) in [5.41, 5.74) is -0.164. The number of amides is 1. The van der Waals surface area contributed by atoms with Gasteiger partial charge in [-0.3, -0.25) is 4.79 Å². The second kappa shape index (κ2) is 10.5. The van der Waals surface area contributed by atoms with E-state index in [2.05, 4.69) is 5.32 Å². The van der Waals surface area contributed by atoms with Crippen molar-refractivity contribution in [2.75, 3.05) is 0 Å². The number of alkyl halides is 3. The predicted octanol–water partition coefficient (Wildman–Crippen LogP) is 5.86. The van der Waals surface area contributed by atoms with E-state index in [1.54, 1.807) is 60.7 Å². The Morgan fingerprint density at radius 2 is 1.53 bits per heavy atom. The third-order valence-electron chi connectivity index (χ3n) is 5.71. The molecule has 1 unspecified atom stereocenters. The molecule has 0 spiro atoms. The number of carboxylic acid groups (broad SMARTS) is 1. The smallest absolute Gasteiger partial charge is 0.416 e. The zero-order chi connectivity index (χ0) is 25.7. The number of aliphatic carboxylic acids is 1. The van der Waals surface area contributed by atoms with E-state index in [4.69, 9.17) is 4.74 Å². The maximum atomic E-state index is 13.5. The number of nitrogens with one attached hydrogen (secondary N) is 1. The molecule has 5 nitrogen and oxygen atoms in total. The third kappa shape index (κ3) is 5.66. The summed E-state index contributed by atoms with van der Waals surface area (Å²) in [6, 6.07) is 22.8. The van der Waals surface area contributed by atoms with Gasteiger partial charge < -0.3 is 15.2 Å². The van der Waals surface area contributed by atoms with Crippen molar-refractivity contribution in [3.8, 4) is 5.75 Å². The first-order valence-corrected chi connectivity index (χ1v) is 11.1. The van der Waals surface area contributed by atoms with E-state index in [-0.39, 0.29) is 23.3 Å². The van der Waals surface area contributed by atoms with Crippen LogP contribution in [0.15, 0.2) is 91.0 Å². The van der Waals surface area contributed by atoms with Gasteiger partial charge in [-0.1, -0.05) is 78.9 Å². The standard InChI is InChI=1S/C28H22F3NO4/c29-28(30,31)23-13-7-5-11-20(23)17-36-25-21-12-6-4-10-19(21)14-15-22(25)26(33)32-24(27(34)35)16-18-8-2-1-3-9-18/h1-15,24H,16-17H2,(H,32,33)(H,34,35). The number of hydrogen-bond acceptors (Lipinski definition) is 3. The average Bonchev–Trinajstić information content (AvgIpc) is 2.87. The molecule has 0 aliphatic carbocycles. The zero-order valence-electron chi connectivity index (χ0n) is 19.0. The molecule has 0 radical (unpaired) electrons. The van der Waals surface area contributed by atoms with Gasteiger partial charge >= 0.3 is 12.1 Å². The lowest BCUT2D eigenvalue weighted by Crippen LogP contribution is -2.42. The highest BCUT2D eigenvalue weighted by atomic mass is 19.4. The van der Waals surface area contributed by atoms with Gasteiger partial charge in [-0.25, -0.2) is 4.79 Å².